The Morgan fingerprint density at radius 1 is 1.35 bits per heavy atom. The molecule has 2 nitrogen and oxygen atoms in total. The zero-order valence-corrected chi connectivity index (χ0v) is 9.83. The van der Waals surface area contributed by atoms with Crippen LogP contribution in [0.4, 0.5) is 4.39 Å². The number of hydrogen-bond acceptors (Lipinski definition) is 2. The Kier molecular flexibility index (Phi) is 3.20. The summed E-state index contributed by atoms with van der Waals surface area (Å²) in [5, 5.41) is 0.291. The van der Waals surface area contributed by atoms with Crippen molar-refractivity contribution in [2.75, 3.05) is 0 Å². The monoisotopic (exact) mass is 249 g/mol. The van der Waals surface area contributed by atoms with Crippen LogP contribution in [0.25, 0.3) is 0 Å². The molecule has 0 atom stereocenters. The highest BCUT2D eigenvalue weighted by Gasteiger charge is 2.14. The largest absolute Gasteiger partial charge is 0.287 e. The standard InChI is InChI=1S/C13H9ClFNO/c1-8-7-9(4-5-11(8)15)13(17)12-10(14)3-2-6-16-12/h2-7H,1H3. The number of rotatable bonds is 2. The van der Waals surface area contributed by atoms with E-state index in [0.717, 1.165) is 0 Å². The van der Waals surface area contributed by atoms with Crippen molar-refractivity contribution < 1.29 is 9.18 Å². The smallest absolute Gasteiger partial charge is 0.212 e. The molecular weight excluding hydrogens is 241 g/mol. The van der Waals surface area contributed by atoms with E-state index in [1.807, 2.05) is 0 Å². The molecule has 0 bridgehead atoms. The van der Waals surface area contributed by atoms with Crippen molar-refractivity contribution in [2.24, 2.45) is 0 Å². The molecule has 4 heteroatoms. The Labute approximate surface area is 103 Å². The van der Waals surface area contributed by atoms with Crippen molar-refractivity contribution in [1.29, 1.82) is 0 Å². The van der Waals surface area contributed by atoms with Gasteiger partial charge in [-0.3, -0.25) is 9.78 Å². The predicted molar refractivity (Wildman–Crippen MR) is 63.8 cm³/mol. The lowest BCUT2D eigenvalue weighted by molar-refractivity contribution is 0.103. The summed E-state index contributed by atoms with van der Waals surface area (Å²) in [5.74, 6) is -0.646. The summed E-state index contributed by atoms with van der Waals surface area (Å²) in [6.07, 6.45) is 1.50. The van der Waals surface area contributed by atoms with Crippen LogP contribution in [0.5, 0.6) is 0 Å². The van der Waals surface area contributed by atoms with Gasteiger partial charge in [-0.05, 0) is 42.8 Å². The molecule has 0 fully saturated rings. The van der Waals surface area contributed by atoms with Crippen LogP contribution in [0.2, 0.25) is 5.02 Å². The Hall–Kier alpha value is -1.74. The van der Waals surface area contributed by atoms with E-state index < -0.39 is 0 Å². The first-order valence-corrected chi connectivity index (χ1v) is 5.39. The zero-order chi connectivity index (χ0) is 12.4. The zero-order valence-electron chi connectivity index (χ0n) is 9.08. The van der Waals surface area contributed by atoms with Gasteiger partial charge in [0.25, 0.3) is 0 Å². The second-order valence-electron chi connectivity index (χ2n) is 3.63. The van der Waals surface area contributed by atoms with Crippen molar-refractivity contribution in [3.8, 4) is 0 Å². The van der Waals surface area contributed by atoms with Gasteiger partial charge in [-0.2, -0.15) is 0 Å². The maximum absolute atomic E-state index is 13.1. The molecule has 0 radical (unpaired) electrons. The van der Waals surface area contributed by atoms with Crippen LogP contribution in [0.1, 0.15) is 21.6 Å². The third-order valence-electron chi connectivity index (χ3n) is 2.39. The van der Waals surface area contributed by atoms with Gasteiger partial charge in [-0.1, -0.05) is 11.6 Å². The van der Waals surface area contributed by atoms with Crippen LogP contribution in [-0.2, 0) is 0 Å². The summed E-state index contributed by atoms with van der Waals surface area (Å²) in [4.78, 5) is 16.0. The predicted octanol–water partition coefficient (Wildman–Crippen LogP) is 3.41. The molecule has 86 valence electrons. The van der Waals surface area contributed by atoms with Gasteiger partial charge in [0, 0.05) is 11.8 Å². The first-order chi connectivity index (χ1) is 8.09. The molecule has 0 amide bonds. The molecule has 0 N–H and O–H groups in total. The molecule has 1 heterocycles. The minimum absolute atomic E-state index is 0.181. The van der Waals surface area contributed by atoms with E-state index in [1.54, 1.807) is 19.1 Å². The maximum Gasteiger partial charge on any atom is 0.212 e. The highest BCUT2D eigenvalue weighted by molar-refractivity contribution is 6.34. The fourth-order valence-corrected chi connectivity index (χ4v) is 1.68. The normalized spacial score (nSPS) is 10.3. The lowest BCUT2D eigenvalue weighted by Gasteiger charge is -2.03. The van der Waals surface area contributed by atoms with Crippen LogP contribution < -0.4 is 0 Å². The molecule has 0 aliphatic carbocycles. The third-order valence-corrected chi connectivity index (χ3v) is 2.70. The average Bonchev–Trinajstić information content (AvgIpc) is 2.32. The molecule has 0 aliphatic heterocycles. The number of hydrogen-bond donors (Lipinski definition) is 0. The van der Waals surface area contributed by atoms with Crippen molar-refractivity contribution in [3.05, 3.63) is 64.2 Å². The first kappa shape index (κ1) is 11.7. The van der Waals surface area contributed by atoms with Gasteiger partial charge in [0.15, 0.2) is 0 Å². The van der Waals surface area contributed by atoms with E-state index in [-0.39, 0.29) is 17.3 Å². The average molecular weight is 250 g/mol. The number of aromatic nitrogens is 1. The number of benzene rings is 1. The maximum atomic E-state index is 13.1. The summed E-state index contributed by atoms with van der Waals surface area (Å²) in [6, 6.07) is 7.42. The number of carbonyl (C=O) groups excluding carboxylic acids is 1. The number of ketones is 1. The summed E-state index contributed by atoms with van der Waals surface area (Å²) < 4.78 is 13.1. The van der Waals surface area contributed by atoms with Crippen molar-refractivity contribution >= 4 is 17.4 Å². The molecule has 0 saturated carbocycles. The Morgan fingerprint density at radius 2 is 2.12 bits per heavy atom. The van der Waals surface area contributed by atoms with E-state index in [9.17, 15) is 9.18 Å². The van der Waals surface area contributed by atoms with Crippen molar-refractivity contribution in [1.82, 2.24) is 4.98 Å². The van der Waals surface area contributed by atoms with Gasteiger partial charge in [0.1, 0.15) is 11.5 Å². The fraction of sp³-hybridized carbons (Fsp3) is 0.0769. The molecular formula is C13H9ClFNO. The second-order valence-corrected chi connectivity index (χ2v) is 4.03. The van der Waals surface area contributed by atoms with Crippen molar-refractivity contribution in [2.45, 2.75) is 6.92 Å². The molecule has 0 spiro atoms. The Balaban J connectivity index is 2.44. The van der Waals surface area contributed by atoms with Gasteiger partial charge in [-0.25, -0.2) is 4.39 Å². The molecule has 0 unspecified atom stereocenters. The van der Waals surface area contributed by atoms with Crippen LogP contribution in [0.3, 0.4) is 0 Å². The van der Waals surface area contributed by atoms with Crippen LogP contribution in [0, 0.1) is 12.7 Å². The Morgan fingerprint density at radius 3 is 2.76 bits per heavy atom. The topological polar surface area (TPSA) is 30.0 Å². The van der Waals surface area contributed by atoms with Crippen LogP contribution in [0.15, 0.2) is 36.5 Å². The van der Waals surface area contributed by atoms with Crippen LogP contribution in [-0.4, -0.2) is 10.8 Å². The molecule has 0 aliphatic rings. The molecule has 2 rings (SSSR count). The number of aryl methyl sites for hydroxylation is 1. The summed E-state index contributed by atoms with van der Waals surface area (Å²) in [7, 11) is 0. The molecule has 1 aromatic carbocycles. The Bertz CT molecular complexity index is 583. The minimum atomic E-state index is -0.339. The lowest BCUT2D eigenvalue weighted by atomic mass is 10.0. The van der Waals surface area contributed by atoms with Crippen molar-refractivity contribution in [3.63, 3.8) is 0 Å². The van der Waals surface area contributed by atoms with E-state index >= 15 is 0 Å². The quantitative estimate of drug-likeness (QED) is 0.764. The van der Waals surface area contributed by atoms with Gasteiger partial charge < -0.3 is 0 Å². The number of carbonyl (C=O) groups is 1. The first-order valence-electron chi connectivity index (χ1n) is 5.01. The number of nitrogens with zero attached hydrogens (tertiary/aromatic N) is 1. The van der Waals surface area contributed by atoms with E-state index in [4.69, 9.17) is 11.6 Å². The van der Waals surface area contributed by atoms with Crippen LogP contribution >= 0.6 is 11.6 Å². The highest BCUT2D eigenvalue weighted by Crippen LogP contribution is 2.18. The molecule has 2 aromatic rings. The summed E-state index contributed by atoms with van der Waals surface area (Å²) in [5.41, 5.74) is 0.979. The van der Waals surface area contributed by atoms with Gasteiger partial charge >= 0.3 is 0 Å². The highest BCUT2D eigenvalue weighted by atomic mass is 35.5. The molecule has 0 saturated heterocycles. The SMILES string of the molecule is Cc1cc(C(=O)c2ncccc2Cl)ccc1F. The second kappa shape index (κ2) is 4.63. The number of pyridine rings is 1. The molecule has 17 heavy (non-hydrogen) atoms. The molecule has 1 aromatic heterocycles. The summed E-state index contributed by atoms with van der Waals surface area (Å²) in [6.45, 7) is 1.60. The third kappa shape index (κ3) is 2.34. The van der Waals surface area contributed by atoms with Gasteiger partial charge in [-0.15, -0.1) is 0 Å². The lowest BCUT2D eigenvalue weighted by Crippen LogP contribution is -2.05. The number of halogens is 2. The van der Waals surface area contributed by atoms with E-state index in [1.165, 1.54) is 24.4 Å². The fourth-order valence-electron chi connectivity index (χ4n) is 1.48. The van der Waals surface area contributed by atoms with Gasteiger partial charge in [0.2, 0.25) is 5.78 Å². The van der Waals surface area contributed by atoms with E-state index in [2.05, 4.69) is 4.98 Å². The van der Waals surface area contributed by atoms with E-state index in [0.29, 0.717) is 16.1 Å². The van der Waals surface area contributed by atoms with Gasteiger partial charge in [0.05, 0.1) is 5.02 Å². The minimum Gasteiger partial charge on any atom is -0.287 e. The summed E-state index contributed by atoms with van der Waals surface area (Å²) >= 11 is 5.88.